The van der Waals surface area contributed by atoms with Gasteiger partial charge in [0.2, 0.25) is 11.8 Å². The zero-order chi connectivity index (χ0) is 17.9. The van der Waals surface area contributed by atoms with E-state index in [9.17, 15) is 9.90 Å². The summed E-state index contributed by atoms with van der Waals surface area (Å²) in [6.07, 6.45) is 3.25. The lowest BCUT2D eigenvalue weighted by Gasteiger charge is -2.38. The minimum atomic E-state index is -1.03. The molecule has 1 aromatic carbocycles. The predicted molar refractivity (Wildman–Crippen MR) is 93.6 cm³/mol. The van der Waals surface area contributed by atoms with Crippen LogP contribution in [-0.2, 0) is 11.2 Å². The number of piperidine rings is 1. The van der Waals surface area contributed by atoms with Gasteiger partial charge < -0.3 is 14.5 Å². The van der Waals surface area contributed by atoms with Gasteiger partial charge >= 0.3 is 0 Å². The number of nitrogens with zero attached hydrogens (tertiary/aromatic N) is 3. The monoisotopic (exact) mass is 341 g/mol. The minimum absolute atomic E-state index is 0.0822. The van der Waals surface area contributed by atoms with Crippen molar-refractivity contribution in [1.29, 1.82) is 0 Å². The van der Waals surface area contributed by atoms with Crippen molar-refractivity contribution >= 4 is 11.5 Å². The van der Waals surface area contributed by atoms with E-state index in [2.05, 4.69) is 10.1 Å². The molecule has 1 saturated heterocycles. The first-order valence-electron chi connectivity index (χ1n) is 8.49. The van der Waals surface area contributed by atoms with Crippen molar-refractivity contribution in [1.82, 2.24) is 15.0 Å². The van der Waals surface area contributed by atoms with E-state index in [1.165, 1.54) is 0 Å². The summed E-state index contributed by atoms with van der Waals surface area (Å²) in [6, 6.07) is 9.79. The molecule has 1 atom stereocenters. The van der Waals surface area contributed by atoms with Crippen LogP contribution in [0.4, 0.5) is 0 Å². The third kappa shape index (κ3) is 4.33. The van der Waals surface area contributed by atoms with Crippen LogP contribution in [0.2, 0.25) is 0 Å². The molecule has 6 nitrogen and oxygen atoms in total. The van der Waals surface area contributed by atoms with Gasteiger partial charge in [0.05, 0.1) is 18.6 Å². The summed E-state index contributed by atoms with van der Waals surface area (Å²) >= 11 is 0. The van der Waals surface area contributed by atoms with Gasteiger partial charge in [-0.05, 0) is 37.8 Å². The number of likely N-dealkylation sites (tertiary alicyclic amines) is 1. The van der Waals surface area contributed by atoms with Gasteiger partial charge in [-0.15, -0.1) is 0 Å². The average molecular weight is 341 g/mol. The molecular formula is C19H23N3O3. The Hall–Kier alpha value is -2.47. The van der Waals surface area contributed by atoms with Crippen LogP contribution in [0, 0.1) is 6.92 Å². The highest BCUT2D eigenvalue weighted by molar-refractivity contribution is 5.95. The summed E-state index contributed by atoms with van der Waals surface area (Å²) in [5.74, 6) is 0.871. The van der Waals surface area contributed by atoms with E-state index in [1.54, 1.807) is 17.9 Å². The zero-order valence-electron chi connectivity index (χ0n) is 14.6. The number of aliphatic hydroxyl groups is 1. The molecule has 1 aliphatic heterocycles. The number of hydrogen-bond acceptors (Lipinski definition) is 5. The van der Waals surface area contributed by atoms with Crippen molar-refractivity contribution < 1.29 is 14.4 Å². The van der Waals surface area contributed by atoms with Crippen molar-refractivity contribution in [2.24, 2.45) is 0 Å². The van der Waals surface area contributed by atoms with E-state index in [0.29, 0.717) is 24.7 Å². The summed E-state index contributed by atoms with van der Waals surface area (Å²) in [7, 11) is 0. The number of benzene rings is 1. The summed E-state index contributed by atoms with van der Waals surface area (Å²) in [4.78, 5) is 18.5. The fourth-order valence-electron chi connectivity index (χ4n) is 3.20. The van der Waals surface area contributed by atoms with Crippen molar-refractivity contribution in [3.8, 4) is 0 Å². The highest BCUT2D eigenvalue weighted by Crippen LogP contribution is 2.25. The van der Waals surface area contributed by atoms with Crippen molar-refractivity contribution in [3.63, 3.8) is 0 Å². The molecule has 0 radical (unpaired) electrons. The summed E-state index contributed by atoms with van der Waals surface area (Å²) in [5.41, 5.74) is 0.901. The number of carbonyl (C=O) groups is 1. The number of amides is 1. The molecule has 1 amide bonds. The predicted octanol–water partition coefficient (Wildman–Crippen LogP) is 2.38. The highest BCUT2D eigenvalue weighted by atomic mass is 16.5. The van der Waals surface area contributed by atoms with Crippen LogP contribution >= 0.6 is 0 Å². The molecule has 132 valence electrons. The maximum Gasteiger partial charge on any atom is 0.246 e. The smallest absolute Gasteiger partial charge is 0.246 e. The second-order valence-corrected chi connectivity index (χ2v) is 6.69. The third-order valence-electron chi connectivity index (χ3n) is 4.49. The lowest BCUT2D eigenvalue weighted by atomic mass is 9.89. The van der Waals surface area contributed by atoms with E-state index in [1.807, 2.05) is 37.3 Å². The summed E-state index contributed by atoms with van der Waals surface area (Å²) in [6.45, 7) is 4.57. The van der Waals surface area contributed by atoms with Gasteiger partial charge in [0.15, 0.2) is 5.82 Å². The largest absolute Gasteiger partial charge is 0.388 e. The number of allylic oxidation sites excluding steroid dienone is 1. The third-order valence-corrected chi connectivity index (χ3v) is 4.49. The molecule has 1 aromatic heterocycles. The molecule has 2 heterocycles. The Kier molecular flexibility index (Phi) is 4.99. The maximum absolute atomic E-state index is 12.6. The van der Waals surface area contributed by atoms with E-state index in [0.717, 1.165) is 17.6 Å². The van der Waals surface area contributed by atoms with Gasteiger partial charge in [0, 0.05) is 12.6 Å². The number of rotatable bonds is 4. The first-order valence-corrected chi connectivity index (χ1v) is 8.49. The quantitative estimate of drug-likeness (QED) is 0.864. The molecular weight excluding hydrogens is 318 g/mol. The Labute approximate surface area is 147 Å². The van der Waals surface area contributed by atoms with Gasteiger partial charge in [-0.25, -0.2) is 0 Å². The normalized spacial score (nSPS) is 21.4. The number of aryl methyl sites for hydroxylation is 1. The molecule has 0 saturated carbocycles. The van der Waals surface area contributed by atoms with Crippen LogP contribution in [0.1, 0.15) is 37.0 Å². The number of hydrogen-bond donors (Lipinski definition) is 1. The summed E-state index contributed by atoms with van der Waals surface area (Å²) < 4.78 is 5.11. The topological polar surface area (TPSA) is 79.5 Å². The maximum atomic E-state index is 12.6. The van der Waals surface area contributed by atoms with Gasteiger partial charge in [-0.2, -0.15) is 4.98 Å². The van der Waals surface area contributed by atoms with Crippen LogP contribution < -0.4 is 0 Å². The lowest BCUT2D eigenvalue weighted by Crippen LogP contribution is -2.51. The molecule has 25 heavy (non-hydrogen) atoms. The Balaban J connectivity index is 1.69. The van der Waals surface area contributed by atoms with E-state index < -0.39 is 5.60 Å². The molecule has 1 unspecified atom stereocenters. The highest BCUT2D eigenvalue weighted by Gasteiger charge is 2.36. The SMILES string of the molecule is C/C(=C\C(=O)N1CCCC(O)(Cc2nc(C)no2)C1)c1ccccc1. The van der Waals surface area contributed by atoms with Crippen molar-refractivity contribution in [2.45, 2.75) is 38.7 Å². The Bertz CT molecular complexity index is 769. The molecule has 1 N–H and O–H groups in total. The van der Waals surface area contributed by atoms with E-state index in [4.69, 9.17) is 4.52 Å². The Morgan fingerprint density at radius 3 is 2.84 bits per heavy atom. The molecule has 1 aliphatic rings. The van der Waals surface area contributed by atoms with Crippen LogP contribution in [0.3, 0.4) is 0 Å². The van der Waals surface area contributed by atoms with E-state index >= 15 is 0 Å². The van der Waals surface area contributed by atoms with Crippen LogP contribution in [0.5, 0.6) is 0 Å². The van der Waals surface area contributed by atoms with E-state index in [-0.39, 0.29) is 18.9 Å². The number of carbonyl (C=O) groups excluding carboxylic acids is 1. The van der Waals surface area contributed by atoms with Gasteiger partial charge in [0.1, 0.15) is 0 Å². The van der Waals surface area contributed by atoms with Gasteiger partial charge in [-0.1, -0.05) is 35.5 Å². The number of β-amino-alcohol motifs (C(OH)–C–C–N with tert-alkyl or cyclic N) is 1. The molecule has 6 heteroatoms. The second kappa shape index (κ2) is 7.19. The second-order valence-electron chi connectivity index (χ2n) is 6.69. The Morgan fingerprint density at radius 1 is 1.40 bits per heavy atom. The number of aromatic nitrogens is 2. The van der Waals surface area contributed by atoms with Crippen LogP contribution in [-0.4, -0.2) is 44.7 Å². The molecule has 2 aromatic rings. The van der Waals surface area contributed by atoms with Crippen LogP contribution in [0.25, 0.3) is 5.57 Å². The molecule has 0 bridgehead atoms. The molecule has 0 aliphatic carbocycles. The van der Waals surface area contributed by atoms with Gasteiger partial charge in [0.25, 0.3) is 0 Å². The Morgan fingerprint density at radius 2 is 2.16 bits per heavy atom. The molecule has 3 rings (SSSR count). The fraction of sp³-hybridized carbons (Fsp3) is 0.421. The first-order chi connectivity index (χ1) is 12.0. The minimum Gasteiger partial charge on any atom is -0.388 e. The lowest BCUT2D eigenvalue weighted by molar-refractivity contribution is -0.133. The van der Waals surface area contributed by atoms with Crippen LogP contribution in [0.15, 0.2) is 40.9 Å². The molecule has 1 fully saturated rings. The zero-order valence-corrected chi connectivity index (χ0v) is 14.6. The first kappa shape index (κ1) is 17.4. The fourth-order valence-corrected chi connectivity index (χ4v) is 3.20. The molecule has 0 spiro atoms. The standard InChI is InChI=1S/C19H23N3O3/c1-14(16-7-4-3-5-8-16)11-18(23)22-10-6-9-19(24,13-22)12-17-20-15(2)21-25-17/h3-5,7-8,11,24H,6,9-10,12-13H2,1-2H3/b14-11+. The van der Waals surface area contributed by atoms with Gasteiger partial charge in [-0.3, -0.25) is 4.79 Å². The summed E-state index contributed by atoms with van der Waals surface area (Å²) in [5, 5.41) is 14.6. The van der Waals surface area contributed by atoms with Crippen molar-refractivity contribution in [3.05, 3.63) is 53.7 Å². The van der Waals surface area contributed by atoms with Crippen molar-refractivity contribution in [2.75, 3.05) is 13.1 Å². The average Bonchev–Trinajstić information content (AvgIpc) is 2.99.